The van der Waals surface area contributed by atoms with E-state index in [0.717, 1.165) is 29.7 Å². The molecule has 0 amide bonds. The van der Waals surface area contributed by atoms with E-state index in [2.05, 4.69) is 17.2 Å². The Labute approximate surface area is 106 Å². The molecule has 0 aromatic carbocycles. The number of hydrogen-bond acceptors (Lipinski definition) is 5. The molecule has 2 unspecified atom stereocenters. The second kappa shape index (κ2) is 6.12. The number of nitrogens with one attached hydrogen (secondary N) is 1. The molecular formula is C12H18N2O2S. The number of furan rings is 1. The van der Waals surface area contributed by atoms with Crippen molar-refractivity contribution in [2.24, 2.45) is 4.99 Å². The SMILES string of the molecule is COCCC1CSC(NC(C)c2ccco2)=N1. The highest BCUT2D eigenvalue weighted by Crippen LogP contribution is 2.22. The summed E-state index contributed by atoms with van der Waals surface area (Å²) in [5, 5.41) is 4.38. The predicted molar refractivity (Wildman–Crippen MR) is 70.4 cm³/mol. The summed E-state index contributed by atoms with van der Waals surface area (Å²) in [4.78, 5) is 4.62. The first-order valence-corrected chi connectivity index (χ1v) is 6.77. The van der Waals surface area contributed by atoms with E-state index in [1.54, 1.807) is 25.1 Å². The molecule has 0 aliphatic carbocycles. The van der Waals surface area contributed by atoms with E-state index >= 15 is 0 Å². The summed E-state index contributed by atoms with van der Waals surface area (Å²) in [6.45, 7) is 2.85. The van der Waals surface area contributed by atoms with Crippen LogP contribution in [0.4, 0.5) is 0 Å². The quantitative estimate of drug-likeness (QED) is 0.876. The van der Waals surface area contributed by atoms with Gasteiger partial charge in [0, 0.05) is 19.5 Å². The van der Waals surface area contributed by atoms with Crippen LogP contribution in [-0.2, 0) is 4.74 Å². The maximum absolute atomic E-state index is 5.35. The smallest absolute Gasteiger partial charge is 0.157 e. The van der Waals surface area contributed by atoms with Crippen molar-refractivity contribution in [1.29, 1.82) is 0 Å². The second-order valence-electron chi connectivity index (χ2n) is 4.06. The van der Waals surface area contributed by atoms with Crippen molar-refractivity contribution in [1.82, 2.24) is 5.32 Å². The third-order valence-electron chi connectivity index (χ3n) is 2.68. The molecule has 1 N–H and O–H groups in total. The van der Waals surface area contributed by atoms with Crippen LogP contribution in [0.1, 0.15) is 25.1 Å². The zero-order valence-electron chi connectivity index (χ0n) is 10.2. The van der Waals surface area contributed by atoms with Gasteiger partial charge in [-0.05, 0) is 25.5 Å². The Hall–Kier alpha value is -0.940. The number of aliphatic imine (C=N–C) groups is 1. The number of hydrogen-bond donors (Lipinski definition) is 1. The molecule has 5 heteroatoms. The molecule has 1 aliphatic rings. The van der Waals surface area contributed by atoms with Crippen LogP contribution >= 0.6 is 11.8 Å². The summed E-state index contributed by atoms with van der Waals surface area (Å²) in [6, 6.07) is 4.42. The summed E-state index contributed by atoms with van der Waals surface area (Å²) in [6.07, 6.45) is 2.68. The Morgan fingerprint density at radius 3 is 3.29 bits per heavy atom. The number of methoxy groups -OCH3 is 1. The van der Waals surface area contributed by atoms with Gasteiger partial charge in [-0.3, -0.25) is 4.99 Å². The fourth-order valence-corrected chi connectivity index (χ4v) is 2.77. The van der Waals surface area contributed by atoms with Crippen molar-refractivity contribution in [3.8, 4) is 0 Å². The molecule has 2 rings (SSSR count). The molecule has 0 bridgehead atoms. The Bertz CT molecular complexity index is 365. The minimum atomic E-state index is 0.164. The van der Waals surface area contributed by atoms with Crippen molar-refractivity contribution >= 4 is 16.9 Å². The molecule has 0 fully saturated rings. The highest BCUT2D eigenvalue weighted by atomic mass is 32.2. The van der Waals surface area contributed by atoms with Gasteiger partial charge in [-0.1, -0.05) is 11.8 Å². The Balaban J connectivity index is 1.83. The van der Waals surface area contributed by atoms with Gasteiger partial charge in [0.05, 0.1) is 18.3 Å². The second-order valence-corrected chi connectivity index (χ2v) is 5.07. The number of ether oxygens (including phenoxy) is 1. The van der Waals surface area contributed by atoms with Crippen LogP contribution in [-0.4, -0.2) is 30.7 Å². The maximum atomic E-state index is 5.35. The van der Waals surface area contributed by atoms with Gasteiger partial charge in [0.15, 0.2) is 5.17 Å². The van der Waals surface area contributed by atoms with Gasteiger partial charge in [-0.2, -0.15) is 0 Å². The lowest BCUT2D eigenvalue weighted by atomic mass is 10.2. The topological polar surface area (TPSA) is 46.8 Å². The largest absolute Gasteiger partial charge is 0.467 e. The summed E-state index contributed by atoms with van der Waals surface area (Å²) in [5.74, 6) is 1.98. The number of rotatable bonds is 5. The molecule has 1 aromatic rings. The average molecular weight is 254 g/mol. The molecule has 1 aromatic heterocycles. The molecular weight excluding hydrogens is 236 g/mol. The molecule has 0 radical (unpaired) electrons. The average Bonchev–Trinajstić information content (AvgIpc) is 2.97. The molecule has 4 nitrogen and oxygen atoms in total. The van der Waals surface area contributed by atoms with Crippen LogP contribution in [0.3, 0.4) is 0 Å². The lowest BCUT2D eigenvalue weighted by Crippen LogP contribution is -2.22. The normalized spacial score (nSPS) is 21.3. The molecule has 0 spiro atoms. The number of nitrogens with zero attached hydrogens (tertiary/aromatic N) is 1. The first-order valence-electron chi connectivity index (χ1n) is 5.79. The van der Waals surface area contributed by atoms with Crippen molar-refractivity contribution in [3.05, 3.63) is 24.2 Å². The molecule has 2 heterocycles. The van der Waals surface area contributed by atoms with Gasteiger partial charge >= 0.3 is 0 Å². The summed E-state index contributed by atoms with van der Waals surface area (Å²) in [5.41, 5.74) is 0. The molecule has 94 valence electrons. The Kier molecular flexibility index (Phi) is 4.50. The van der Waals surface area contributed by atoms with Crippen LogP contribution in [0.15, 0.2) is 27.8 Å². The highest BCUT2D eigenvalue weighted by Gasteiger charge is 2.20. The van der Waals surface area contributed by atoms with E-state index in [0.29, 0.717) is 6.04 Å². The third-order valence-corrected chi connectivity index (χ3v) is 3.73. The summed E-state index contributed by atoms with van der Waals surface area (Å²) >= 11 is 1.77. The van der Waals surface area contributed by atoms with Gasteiger partial charge in [0.25, 0.3) is 0 Å². The van der Waals surface area contributed by atoms with E-state index < -0.39 is 0 Å². The maximum Gasteiger partial charge on any atom is 0.157 e. The first-order chi connectivity index (χ1) is 8.29. The van der Waals surface area contributed by atoms with E-state index in [-0.39, 0.29) is 6.04 Å². The lowest BCUT2D eigenvalue weighted by Gasteiger charge is -2.11. The van der Waals surface area contributed by atoms with Gasteiger partial charge < -0.3 is 14.5 Å². The minimum Gasteiger partial charge on any atom is -0.467 e. The van der Waals surface area contributed by atoms with Crippen LogP contribution in [0.2, 0.25) is 0 Å². The van der Waals surface area contributed by atoms with E-state index in [4.69, 9.17) is 9.15 Å². The Morgan fingerprint density at radius 2 is 2.59 bits per heavy atom. The molecule has 0 saturated carbocycles. The van der Waals surface area contributed by atoms with Crippen LogP contribution < -0.4 is 5.32 Å². The fraction of sp³-hybridized carbons (Fsp3) is 0.583. The summed E-state index contributed by atoms with van der Waals surface area (Å²) in [7, 11) is 1.73. The zero-order valence-corrected chi connectivity index (χ0v) is 11.0. The Morgan fingerprint density at radius 1 is 1.71 bits per heavy atom. The highest BCUT2D eigenvalue weighted by molar-refractivity contribution is 8.14. The molecule has 0 saturated heterocycles. The lowest BCUT2D eigenvalue weighted by molar-refractivity contribution is 0.190. The summed E-state index contributed by atoms with van der Waals surface area (Å²) < 4.78 is 10.4. The van der Waals surface area contributed by atoms with Gasteiger partial charge in [0.2, 0.25) is 0 Å². The van der Waals surface area contributed by atoms with Crippen molar-refractivity contribution in [2.75, 3.05) is 19.5 Å². The predicted octanol–water partition coefficient (Wildman–Crippen LogP) is 2.44. The monoisotopic (exact) mass is 254 g/mol. The number of thioether (sulfide) groups is 1. The third kappa shape index (κ3) is 3.51. The standard InChI is InChI=1S/C12H18N2O2S/c1-9(11-4-3-6-16-11)13-12-14-10(8-17-12)5-7-15-2/h3-4,6,9-10H,5,7-8H2,1-2H3,(H,13,14). The molecule has 2 atom stereocenters. The zero-order chi connectivity index (χ0) is 12.1. The van der Waals surface area contributed by atoms with E-state index in [1.165, 1.54) is 0 Å². The van der Waals surface area contributed by atoms with Gasteiger partial charge in [0.1, 0.15) is 5.76 Å². The van der Waals surface area contributed by atoms with Crippen LogP contribution in [0.25, 0.3) is 0 Å². The fourth-order valence-electron chi connectivity index (χ4n) is 1.69. The minimum absolute atomic E-state index is 0.164. The van der Waals surface area contributed by atoms with E-state index in [1.807, 2.05) is 12.1 Å². The van der Waals surface area contributed by atoms with Crippen molar-refractivity contribution in [3.63, 3.8) is 0 Å². The van der Waals surface area contributed by atoms with Gasteiger partial charge in [-0.15, -0.1) is 0 Å². The first kappa shape index (κ1) is 12.5. The van der Waals surface area contributed by atoms with Crippen LogP contribution in [0, 0.1) is 0 Å². The van der Waals surface area contributed by atoms with E-state index in [9.17, 15) is 0 Å². The van der Waals surface area contributed by atoms with Crippen molar-refractivity contribution < 1.29 is 9.15 Å². The number of amidine groups is 1. The molecule has 1 aliphatic heterocycles. The molecule has 17 heavy (non-hydrogen) atoms. The van der Waals surface area contributed by atoms with Crippen molar-refractivity contribution in [2.45, 2.75) is 25.4 Å². The van der Waals surface area contributed by atoms with Gasteiger partial charge in [-0.25, -0.2) is 0 Å². The van der Waals surface area contributed by atoms with Crippen LogP contribution in [0.5, 0.6) is 0 Å².